The normalized spacial score (nSPS) is 14.3. The number of nitrogens with zero attached hydrogens (tertiary/aromatic N) is 3. The van der Waals surface area contributed by atoms with Crippen LogP contribution in [-0.4, -0.2) is 51.6 Å². The molecule has 0 heterocycles. The summed E-state index contributed by atoms with van der Waals surface area (Å²) in [6.45, 7) is 0. The summed E-state index contributed by atoms with van der Waals surface area (Å²) in [6.07, 6.45) is -7.94. The van der Waals surface area contributed by atoms with E-state index in [0.29, 0.717) is 51.9 Å². The van der Waals surface area contributed by atoms with Gasteiger partial charge in [-0.3, -0.25) is 20.2 Å². The van der Waals surface area contributed by atoms with E-state index in [-0.39, 0.29) is 29.8 Å². The second-order valence-corrected chi connectivity index (χ2v) is 12.2. The largest absolute Gasteiger partial charge is 0.460 e. The summed E-state index contributed by atoms with van der Waals surface area (Å²) < 4.78 is 239. The van der Waals surface area contributed by atoms with Gasteiger partial charge in [-0.25, -0.2) is 0 Å². The first-order valence-corrected chi connectivity index (χ1v) is 15.1. The number of nitro benzene ring substituents is 2. The Labute approximate surface area is 305 Å². The zero-order valence-electron chi connectivity index (χ0n) is 27.2. The molecule has 0 saturated heterocycles. The van der Waals surface area contributed by atoms with E-state index in [1.165, 1.54) is 12.1 Å². The van der Waals surface area contributed by atoms with Gasteiger partial charge in [0.1, 0.15) is 5.69 Å². The second-order valence-electron chi connectivity index (χ2n) is 12.2. The van der Waals surface area contributed by atoms with Crippen LogP contribution in [-0.2, 0) is 12.3 Å². The molecule has 7 nitrogen and oxygen atoms in total. The number of alkyl halides is 17. The Kier molecular flexibility index (Phi) is 9.81. The highest BCUT2D eigenvalue weighted by atomic mass is 19.4. The number of halogens is 17. The van der Waals surface area contributed by atoms with Crippen LogP contribution in [0.5, 0.6) is 0 Å². The molecule has 1 aliphatic rings. The molecular weight excluding hydrogens is 825 g/mol. The lowest BCUT2D eigenvalue weighted by molar-refractivity contribution is -0.462. The Morgan fingerprint density at radius 3 is 1.60 bits per heavy atom. The number of nitro groups is 2. The van der Waals surface area contributed by atoms with E-state index in [2.05, 4.69) is 0 Å². The highest BCUT2D eigenvalue weighted by Gasteiger charge is 2.95. The predicted molar refractivity (Wildman–Crippen MR) is 162 cm³/mol. The number of hydrogen-bond donors (Lipinski definition) is 0. The molecule has 0 spiro atoms. The van der Waals surface area contributed by atoms with Crippen LogP contribution in [0.15, 0.2) is 84.9 Å². The van der Waals surface area contributed by atoms with Crippen LogP contribution in [0.1, 0.15) is 16.7 Å². The molecule has 24 heteroatoms. The fourth-order valence-corrected chi connectivity index (χ4v) is 5.90. The van der Waals surface area contributed by atoms with E-state index < -0.39 is 85.8 Å². The van der Waals surface area contributed by atoms with Crippen molar-refractivity contribution in [2.45, 2.75) is 54.1 Å². The number of benzene rings is 4. The molecule has 4 aromatic carbocycles. The molecule has 1 aliphatic carbocycles. The van der Waals surface area contributed by atoms with Crippen LogP contribution in [0.3, 0.4) is 0 Å². The van der Waals surface area contributed by atoms with Gasteiger partial charge in [-0.2, -0.15) is 74.6 Å². The van der Waals surface area contributed by atoms with E-state index in [4.69, 9.17) is 0 Å². The van der Waals surface area contributed by atoms with Crippen molar-refractivity contribution >= 4 is 28.4 Å². The van der Waals surface area contributed by atoms with Crippen molar-refractivity contribution in [3.8, 4) is 11.1 Å². The molecule has 0 radical (unpaired) electrons. The van der Waals surface area contributed by atoms with Gasteiger partial charge < -0.3 is 4.90 Å². The first-order valence-electron chi connectivity index (χ1n) is 15.1. The zero-order chi connectivity index (χ0) is 43.1. The average molecular weight is 841 g/mol. The molecule has 0 saturated carbocycles. The summed E-state index contributed by atoms with van der Waals surface area (Å²) in [4.78, 5) is 21.9. The van der Waals surface area contributed by atoms with Gasteiger partial charge in [-0.05, 0) is 46.5 Å². The first kappa shape index (κ1) is 42.4. The van der Waals surface area contributed by atoms with E-state index >= 15 is 17.6 Å². The Bertz CT molecular complexity index is 2260. The van der Waals surface area contributed by atoms with Gasteiger partial charge in [-0.15, -0.1) is 0 Å². The van der Waals surface area contributed by atoms with Crippen molar-refractivity contribution in [2.75, 3.05) is 4.90 Å². The smallest absolute Gasteiger partial charge is 0.304 e. The summed E-state index contributed by atoms with van der Waals surface area (Å²) in [5.41, 5.74) is -4.92. The molecule has 0 amide bonds. The third-order valence-corrected chi connectivity index (χ3v) is 8.86. The maximum Gasteiger partial charge on any atom is 0.460 e. The Morgan fingerprint density at radius 2 is 1.04 bits per heavy atom. The fourth-order valence-electron chi connectivity index (χ4n) is 5.90. The van der Waals surface area contributed by atoms with Crippen LogP contribution in [0, 0.1) is 20.2 Å². The molecule has 0 N–H and O–H groups in total. The number of non-ortho nitro benzene ring substituents is 1. The highest BCUT2D eigenvalue weighted by molar-refractivity contribution is 5.90. The lowest BCUT2D eigenvalue weighted by atomic mass is 9.87. The quantitative estimate of drug-likeness (QED) is 0.0709. The third kappa shape index (κ3) is 6.04. The summed E-state index contributed by atoms with van der Waals surface area (Å²) in [5, 5.41) is 23.6. The minimum absolute atomic E-state index is 0.0413. The number of hydrogen-bond acceptors (Lipinski definition) is 5. The summed E-state index contributed by atoms with van der Waals surface area (Å²) in [6, 6.07) is 12.5. The molecule has 0 atom stereocenters. The fraction of sp³-hybridized carbons (Fsp3) is 0.273. The molecule has 57 heavy (non-hydrogen) atoms. The van der Waals surface area contributed by atoms with E-state index in [0.717, 1.165) is 6.07 Å². The summed E-state index contributed by atoms with van der Waals surface area (Å²) in [5.74, 6) is -58.2. The van der Waals surface area contributed by atoms with Crippen LogP contribution >= 0.6 is 0 Å². The van der Waals surface area contributed by atoms with Gasteiger partial charge in [0.15, 0.2) is 0 Å². The molecule has 4 aromatic rings. The second kappa shape index (κ2) is 13.2. The van der Waals surface area contributed by atoms with E-state index in [9.17, 15) is 77.3 Å². The van der Waals surface area contributed by atoms with Crippen LogP contribution in [0.25, 0.3) is 11.1 Å². The summed E-state index contributed by atoms with van der Waals surface area (Å²) >= 11 is 0. The Hall–Kier alpha value is -5.71. The number of fused-ring (bicyclic) bond motifs is 3. The standard InChI is InChI=1S/C33H16F17N3O4/c34-26(35,27(36,37)28(38,39)29(40,41)30(42,43)31(44,45)32(46,47)33(48,49)50)17-6-3-7-18(14-17)51(24-12-11-19(52(54)55)15-25(24)53(56)57)23-10-4-9-21-20-8-2-1-5-16(20)13-22(21)23/h1-12,14-15H,13H2. The molecule has 0 aliphatic heterocycles. The molecule has 5 rings (SSSR count). The number of rotatable bonds is 12. The molecule has 0 fully saturated rings. The first-order chi connectivity index (χ1) is 25.9. The van der Waals surface area contributed by atoms with Gasteiger partial charge in [0, 0.05) is 23.7 Å². The Balaban J connectivity index is 1.71. The minimum Gasteiger partial charge on any atom is -0.304 e. The van der Waals surface area contributed by atoms with Gasteiger partial charge in [0.25, 0.3) is 11.4 Å². The van der Waals surface area contributed by atoms with E-state index in [1.54, 1.807) is 24.3 Å². The van der Waals surface area contributed by atoms with Crippen LogP contribution in [0.4, 0.5) is 103 Å². The maximum atomic E-state index is 15.5. The highest BCUT2D eigenvalue weighted by Crippen LogP contribution is 2.65. The monoisotopic (exact) mass is 841 g/mol. The molecular formula is C33H16F17N3O4. The SMILES string of the molecule is O=[N+]([O-])c1ccc(N(c2cccc(C(F)(F)C(F)(F)C(F)(F)C(F)(F)C(F)(F)C(F)(F)C(F)(F)C(F)(F)F)c2)c2cccc3c2Cc2ccccc2-3)c([N+](=O)[O-])c1. The lowest BCUT2D eigenvalue weighted by Gasteiger charge is -2.42. The van der Waals surface area contributed by atoms with Crippen molar-refractivity contribution in [1.82, 2.24) is 0 Å². The Morgan fingerprint density at radius 1 is 0.509 bits per heavy atom. The van der Waals surface area contributed by atoms with E-state index in [1.807, 2.05) is 0 Å². The minimum atomic E-state index is -8.82. The van der Waals surface area contributed by atoms with Crippen molar-refractivity contribution in [2.24, 2.45) is 0 Å². The molecule has 0 unspecified atom stereocenters. The van der Waals surface area contributed by atoms with Crippen LogP contribution in [0.2, 0.25) is 0 Å². The van der Waals surface area contributed by atoms with Gasteiger partial charge in [0.2, 0.25) is 0 Å². The van der Waals surface area contributed by atoms with Crippen molar-refractivity contribution < 1.29 is 84.5 Å². The molecule has 0 aromatic heterocycles. The van der Waals surface area contributed by atoms with Gasteiger partial charge in [0.05, 0.1) is 21.6 Å². The molecule has 306 valence electrons. The average Bonchev–Trinajstić information content (AvgIpc) is 3.50. The summed E-state index contributed by atoms with van der Waals surface area (Å²) in [7, 11) is 0. The third-order valence-electron chi connectivity index (χ3n) is 8.86. The maximum absolute atomic E-state index is 15.5. The van der Waals surface area contributed by atoms with Crippen molar-refractivity contribution in [3.63, 3.8) is 0 Å². The van der Waals surface area contributed by atoms with Crippen molar-refractivity contribution in [3.05, 3.63) is 122 Å². The van der Waals surface area contributed by atoms with Gasteiger partial charge >= 0.3 is 47.6 Å². The molecule has 0 bridgehead atoms. The van der Waals surface area contributed by atoms with Gasteiger partial charge in [-0.1, -0.05) is 48.5 Å². The zero-order valence-corrected chi connectivity index (χ0v) is 27.2. The predicted octanol–water partition coefficient (Wildman–Crippen LogP) is 12.0. The van der Waals surface area contributed by atoms with Crippen LogP contribution < -0.4 is 4.90 Å². The number of anilines is 3. The van der Waals surface area contributed by atoms with Crippen molar-refractivity contribution in [1.29, 1.82) is 0 Å². The topological polar surface area (TPSA) is 89.5 Å². The lowest BCUT2D eigenvalue weighted by Crippen LogP contribution is -2.74.